The molecule has 0 atom stereocenters. The third-order valence-corrected chi connectivity index (χ3v) is 3.31. The van der Waals surface area contributed by atoms with Crippen LogP contribution in [0.5, 0.6) is 0 Å². The summed E-state index contributed by atoms with van der Waals surface area (Å²) >= 11 is 7.45. The second-order valence-corrected chi connectivity index (χ2v) is 58.3. The normalized spacial score (nSPS) is 9.68. The number of hydrogen-bond donors (Lipinski definition) is 3. The summed E-state index contributed by atoms with van der Waals surface area (Å²) in [7, 11) is 5.77. The van der Waals surface area contributed by atoms with E-state index in [1.54, 1.807) is 18.6 Å². The molecule has 31 heavy (non-hydrogen) atoms. The summed E-state index contributed by atoms with van der Waals surface area (Å²) in [5, 5.41) is 9.13. The molecule has 3 aromatic heterocycles. The number of nitrogens with one attached hydrogen (secondary N) is 3. The molecular formula is C21H30I3IrN6. The molecule has 0 saturated carbocycles. The Morgan fingerprint density at radius 3 is 1.03 bits per heavy atom. The van der Waals surface area contributed by atoms with Crippen LogP contribution in [0.1, 0.15) is 16.7 Å². The summed E-state index contributed by atoms with van der Waals surface area (Å²) in [6, 6.07) is 11.9. The molecule has 0 aliphatic carbocycles. The van der Waals surface area contributed by atoms with Crippen LogP contribution in [0.3, 0.4) is 0 Å². The van der Waals surface area contributed by atoms with Crippen LogP contribution in [0.2, 0.25) is 0 Å². The molecule has 0 bridgehead atoms. The Hall–Kier alpha value is 0.169. The zero-order valence-corrected chi connectivity index (χ0v) is 26.7. The Morgan fingerprint density at radius 2 is 0.871 bits per heavy atom. The Bertz CT molecular complexity index is 638. The van der Waals surface area contributed by atoms with Crippen molar-refractivity contribution in [2.24, 2.45) is 0 Å². The van der Waals surface area contributed by atoms with Crippen molar-refractivity contribution in [1.29, 1.82) is 0 Å². The number of hydrogen-bond acceptors (Lipinski definition) is 6. The van der Waals surface area contributed by atoms with Crippen LogP contribution in [0.15, 0.2) is 73.6 Å². The zero-order valence-electron chi connectivity index (χ0n) is 17.9. The fraction of sp³-hybridized carbons (Fsp3) is 0.286. The molecule has 0 fully saturated rings. The molecule has 6 nitrogen and oxygen atoms in total. The summed E-state index contributed by atoms with van der Waals surface area (Å²) in [4.78, 5) is 11.9. The van der Waals surface area contributed by atoms with Gasteiger partial charge in [-0.15, -0.1) is 0 Å². The van der Waals surface area contributed by atoms with Gasteiger partial charge < -0.3 is 16.0 Å². The minimum absolute atomic E-state index is 0.423. The fourth-order valence-corrected chi connectivity index (χ4v) is 2.12. The van der Waals surface area contributed by atoms with Gasteiger partial charge in [0.2, 0.25) is 0 Å². The Kier molecular flexibility index (Phi) is 23.5. The number of pyridine rings is 3. The van der Waals surface area contributed by atoms with E-state index in [0.29, 0.717) is 0 Å². The number of halogens is 3. The molecule has 174 valence electrons. The molecule has 3 aromatic rings. The molecule has 0 amide bonds. The molecule has 3 N–H and O–H groups in total. The summed E-state index contributed by atoms with van der Waals surface area (Å²) in [5.41, 5.74) is 3.67. The molecule has 0 spiro atoms. The van der Waals surface area contributed by atoms with Gasteiger partial charge in [-0.3, -0.25) is 15.0 Å². The van der Waals surface area contributed by atoms with E-state index in [9.17, 15) is 0 Å². The molecule has 3 rings (SSSR count). The van der Waals surface area contributed by atoms with Gasteiger partial charge in [-0.25, -0.2) is 0 Å². The van der Waals surface area contributed by atoms with Gasteiger partial charge in [0.25, 0.3) is 0 Å². The van der Waals surface area contributed by atoms with E-state index < -0.39 is 5.75 Å². The molecule has 0 unspecified atom stereocenters. The van der Waals surface area contributed by atoms with E-state index in [-0.39, 0.29) is 0 Å². The van der Waals surface area contributed by atoms with Gasteiger partial charge in [0.1, 0.15) is 0 Å². The first-order valence-electron chi connectivity index (χ1n) is 9.28. The summed E-state index contributed by atoms with van der Waals surface area (Å²) in [5.74, 6) is -0.423. The van der Waals surface area contributed by atoms with Gasteiger partial charge in [0.05, 0.1) is 0 Å². The van der Waals surface area contributed by atoms with Crippen LogP contribution in [-0.2, 0) is 25.4 Å². The van der Waals surface area contributed by atoms with Gasteiger partial charge in [-0.2, -0.15) is 0 Å². The van der Waals surface area contributed by atoms with E-state index in [4.69, 9.17) is 0 Å². The molecule has 0 aliphatic heterocycles. The van der Waals surface area contributed by atoms with Crippen LogP contribution in [0.25, 0.3) is 0 Å². The van der Waals surface area contributed by atoms with Crippen molar-refractivity contribution in [3.63, 3.8) is 0 Å². The topological polar surface area (TPSA) is 74.8 Å². The van der Waals surface area contributed by atoms with Gasteiger partial charge >= 0.3 is 64.5 Å². The van der Waals surface area contributed by atoms with E-state index in [1.165, 1.54) is 16.7 Å². The van der Waals surface area contributed by atoms with Gasteiger partial charge in [-0.05, 0) is 56.0 Å². The number of rotatable bonds is 6. The quantitative estimate of drug-likeness (QED) is 0.301. The summed E-state index contributed by atoms with van der Waals surface area (Å²) in [6.07, 6.45) is 10.9. The molecule has 10 heteroatoms. The summed E-state index contributed by atoms with van der Waals surface area (Å²) < 4.78 is 0. The van der Waals surface area contributed by atoms with Crippen LogP contribution < -0.4 is 16.0 Å². The predicted octanol–water partition coefficient (Wildman–Crippen LogP) is 5.06. The molecular weight excluding hydrogens is 909 g/mol. The molecule has 0 radical (unpaired) electrons. The van der Waals surface area contributed by atoms with Gasteiger partial charge in [0, 0.05) is 56.8 Å². The first-order chi connectivity index (χ1) is 15.0. The van der Waals surface area contributed by atoms with Crippen molar-refractivity contribution in [2.45, 2.75) is 19.6 Å². The van der Waals surface area contributed by atoms with Crippen molar-refractivity contribution < 1.29 is 5.75 Å². The van der Waals surface area contributed by atoms with E-state index in [0.717, 1.165) is 19.6 Å². The second kappa shape index (κ2) is 23.3. The van der Waals surface area contributed by atoms with Crippen molar-refractivity contribution in [2.75, 3.05) is 21.1 Å². The standard InChI is InChI=1S/3C7H10N2.3HI.Ir/c3*1-8-5-7-3-2-4-9-6-7;;;;/h3*2-4,6,8H,5H2,1H3;3*1H;/q;;;;;;+3/p-3. The predicted molar refractivity (Wildman–Crippen MR) is 153 cm³/mol. The SMILES string of the molecule is CNCc1cccnc1.CNCc1cccnc1.CNCc1cccnc1.[I][Ir]([I])[I]. The van der Waals surface area contributed by atoms with Gasteiger partial charge in [0.15, 0.2) is 0 Å². The number of nitrogens with zero attached hydrogens (tertiary/aromatic N) is 3. The van der Waals surface area contributed by atoms with Crippen molar-refractivity contribution in [1.82, 2.24) is 30.9 Å². The van der Waals surface area contributed by atoms with Gasteiger partial charge in [-0.1, -0.05) is 18.2 Å². The summed E-state index contributed by atoms with van der Waals surface area (Å²) in [6.45, 7) is 2.69. The van der Waals surface area contributed by atoms with Crippen molar-refractivity contribution in [3.05, 3.63) is 90.3 Å². The molecule has 0 aromatic carbocycles. The third-order valence-electron chi connectivity index (χ3n) is 3.31. The van der Waals surface area contributed by atoms with E-state index in [1.807, 2.05) is 76.1 Å². The maximum atomic E-state index is 3.96. The molecule has 3 heterocycles. The Balaban J connectivity index is 0.000000402. The van der Waals surface area contributed by atoms with E-state index >= 15 is 0 Å². The van der Waals surface area contributed by atoms with Crippen LogP contribution in [0, 0.1) is 0 Å². The van der Waals surface area contributed by atoms with Crippen molar-refractivity contribution in [3.8, 4) is 0 Å². The van der Waals surface area contributed by atoms with E-state index in [2.05, 4.69) is 89.7 Å². The number of aromatic nitrogens is 3. The maximum absolute atomic E-state index is 3.96. The molecule has 0 saturated heterocycles. The van der Waals surface area contributed by atoms with Crippen LogP contribution >= 0.6 is 58.8 Å². The first-order valence-corrected chi connectivity index (χ1v) is 29.7. The minimum atomic E-state index is -0.423. The van der Waals surface area contributed by atoms with Crippen molar-refractivity contribution >= 4 is 58.8 Å². The zero-order chi connectivity index (χ0) is 23.2. The average molecular weight is 939 g/mol. The second-order valence-electron chi connectivity index (χ2n) is 5.82. The Labute approximate surface area is 223 Å². The Morgan fingerprint density at radius 1 is 0.613 bits per heavy atom. The van der Waals surface area contributed by atoms with Crippen LogP contribution in [0.4, 0.5) is 0 Å². The molecule has 0 aliphatic rings. The van der Waals surface area contributed by atoms with Crippen LogP contribution in [-0.4, -0.2) is 36.1 Å². The first kappa shape index (κ1) is 31.2. The fourth-order valence-electron chi connectivity index (χ4n) is 2.12. The average Bonchev–Trinajstić information content (AvgIpc) is 2.77. The third kappa shape index (κ3) is 21.8. The monoisotopic (exact) mass is 940 g/mol.